The number of carboxylic acid groups (broad SMARTS) is 1. The fourth-order valence-electron chi connectivity index (χ4n) is 0.715. The van der Waals surface area contributed by atoms with Gasteiger partial charge in [0.1, 0.15) is 0 Å². The molecule has 0 aliphatic rings. The lowest BCUT2D eigenvalue weighted by Crippen LogP contribution is -2.09. The first kappa shape index (κ1) is 10.3. The summed E-state index contributed by atoms with van der Waals surface area (Å²) in [4.78, 5) is 11.1. The highest BCUT2D eigenvalue weighted by atomic mass is 32.1. The lowest BCUT2D eigenvalue weighted by molar-refractivity contribution is -0.132. The zero-order chi connectivity index (χ0) is 8.85. The van der Waals surface area contributed by atoms with E-state index in [1.165, 1.54) is 0 Å². The molecule has 0 saturated carbocycles. The summed E-state index contributed by atoms with van der Waals surface area (Å²) in [6.07, 6.45) is 2.98. The van der Waals surface area contributed by atoms with Crippen LogP contribution in [-0.2, 0) is 4.79 Å². The van der Waals surface area contributed by atoms with E-state index in [0.29, 0.717) is 17.7 Å². The molecule has 11 heavy (non-hydrogen) atoms. The maximum absolute atomic E-state index is 10.5. The second-order valence-corrected chi connectivity index (χ2v) is 2.60. The standard InChI is InChI=1S/C8H12O2S/c1-3-5-6(8(9)10)7(11)4-2/h5H,3-4H2,1-2H3,(H,9,10). The van der Waals surface area contributed by atoms with Gasteiger partial charge in [-0.3, -0.25) is 0 Å². The monoisotopic (exact) mass is 172 g/mol. The molecule has 62 valence electrons. The summed E-state index contributed by atoms with van der Waals surface area (Å²) >= 11 is 4.87. The minimum atomic E-state index is -0.918. The van der Waals surface area contributed by atoms with Crippen molar-refractivity contribution in [1.29, 1.82) is 0 Å². The van der Waals surface area contributed by atoms with E-state index in [9.17, 15) is 4.79 Å². The highest BCUT2D eigenvalue weighted by Gasteiger charge is 2.09. The van der Waals surface area contributed by atoms with Crippen LogP contribution in [0.4, 0.5) is 0 Å². The molecule has 0 fully saturated rings. The Balaban J connectivity index is 4.48. The van der Waals surface area contributed by atoms with Gasteiger partial charge in [0, 0.05) is 4.86 Å². The van der Waals surface area contributed by atoms with Gasteiger partial charge in [0.2, 0.25) is 0 Å². The SMILES string of the molecule is CCC=C(C(=O)O)C(=S)CC. The van der Waals surface area contributed by atoms with Crippen LogP contribution in [0.5, 0.6) is 0 Å². The Morgan fingerprint density at radius 1 is 1.55 bits per heavy atom. The minimum absolute atomic E-state index is 0.282. The van der Waals surface area contributed by atoms with E-state index in [2.05, 4.69) is 0 Å². The van der Waals surface area contributed by atoms with Crippen molar-refractivity contribution in [2.45, 2.75) is 26.7 Å². The lowest BCUT2D eigenvalue weighted by Gasteiger charge is -1.99. The van der Waals surface area contributed by atoms with Crippen LogP contribution in [0.2, 0.25) is 0 Å². The summed E-state index contributed by atoms with van der Waals surface area (Å²) in [7, 11) is 0. The topological polar surface area (TPSA) is 37.3 Å². The normalized spacial score (nSPS) is 11.3. The van der Waals surface area contributed by atoms with Crippen molar-refractivity contribution in [1.82, 2.24) is 0 Å². The van der Waals surface area contributed by atoms with E-state index in [0.717, 1.165) is 0 Å². The number of hydrogen-bond acceptors (Lipinski definition) is 2. The molecule has 0 spiro atoms. The molecule has 0 heterocycles. The van der Waals surface area contributed by atoms with Crippen molar-refractivity contribution < 1.29 is 9.90 Å². The third-order valence-electron chi connectivity index (χ3n) is 1.26. The van der Waals surface area contributed by atoms with Crippen LogP contribution >= 0.6 is 12.2 Å². The van der Waals surface area contributed by atoms with E-state index >= 15 is 0 Å². The number of carboxylic acids is 1. The Kier molecular flexibility index (Phi) is 4.70. The molecule has 0 unspecified atom stereocenters. The van der Waals surface area contributed by atoms with Gasteiger partial charge in [-0.15, -0.1) is 0 Å². The number of allylic oxidation sites excluding steroid dienone is 1. The van der Waals surface area contributed by atoms with Crippen LogP contribution in [0.3, 0.4) is 0 Å². The quantitative estimate of drug-likeness (QED) is 0.521. The van der Waals surface area contributed by atoms with Gasteiger partial charge in [0.25, 0.3) is 0 Å². The molecule has 0 bridgehead atoms. The smallest absolute Gasteiger partial charge is 0.336 e. The number of rotatable bonds is 4. The van der Waals surface area contributed by atoms with Gasteiger partial charge in [-0.1, -0.05) is 32.1 Å². The largest absolute Gasteiger partial charge is 0.478 e. The van der Waals surface area contributed by atoms with Crippen molar-refractivity contribution in [3.05, 3.63) is 11.6 Å². The molecule has 0 atom stereocenters. The lowest BCUT2D eigenvalue weighted by atomic mass is 10.1. The first-order valence-corrected chi connectivity index (χ1v) is 4.00. The number of thiocarbonyl (C=S) groups is 1. The Bertz CT molecular complexity index is 194. The van der Waals surface area contributed by atoms with Gasteiger partial charge in [0.15, 0.2) is 0 Å². The van der Waals surface area contributed by atoms with Crippen molar-refractivity contribution >= 4 is 23.1 Å². The van der Waals surface area contributed by atoms with Gasteiger partial charge < -0.3 is 5.11 Å². The molecule has 2 nitrogen and oxygen atoms in total. The summed E-state index contributed by atoms with van der Waals surface area (Å²) in [5.74, 6) is -0.918. The molecule has 0 saturated heterocycles. The highest BCUT2D eigenvalue weighted by molar-refractivity contribution is 7.81. The summed E-state index contributed by atoms with van der Waals surface area (Å²) in [5.41, 5.74) is 0.282. The van der Waals surface area contributed by atoms with Gasteiger partial charge in [-0.25, -0.2) is 4.79 Å². The fourth-order valence-corrected chi connectivity index (χ4v) is 0.886. The van der Waals surface area contributed by atoms with Crippen LogP contribution in [0.25, 0.3) is 0 Å². The second-order valence-electron chi connectivity index (χ2n) is 2.11. The van der Waals surface area contributed by atoms with E-state index in [1.807, 2.05) is 13.8 Å². The summed E-state index contributed by atoms with van der Waals surface area (Å²) in [6, 6.07) is 0. The molecule has 0 aliphatic heterocycles. The Morgan fingerprint density at radius 2 is 2.09 bits per heavy atom. The molecule has 0 rings (SSSR count). The van der Waals surface area contributed by atoms with E-state index in [-0.39, 0.29) is 5.57 Å². The predicted molar refractivity (Wildman–Crippen MR) is 48.9 cm³/mol. The van der Waals surface area contributed by atoms with Gasteiger partial charge in [-0.2, -0.15) is 0 Å². The minimum Gasteiger partial charge on any atom is -0.478 e. The Labute approximate surface area is 71.9 Å². The first-order valence-electron chi connectivity index (χ1n) is 3.60. The Hall–Kier alpha value is -0.700. The van der Waals surface area contributed by atoms with Gasteiger partial charge in [0.05, 0.1) is 5.57 Å². The van der Waals surface area contributed by atoms with Crippen molar-refractivity contribution in [3.63, 3.8) is 0 Å². The Morgan fingerprint density at radius 3 is 2.36 bits per heavy atom. The van der Waals surface area contributed by atoms with Crippen LogP contribution in [0.1, 0.15) is 26.7 Å². The molecule has 3 heteroatoms. The van der Waals surface area contributed by atoms with Crippen LogP contribution < -0.4 is 0 Å². The first-order chi connectivity index (χ1) is 5.13. The van der Waals surface area contributed by atoms with Crippen molar-refractivity contribution in [2.75, 3.05) is 0 Å². The van der Waals surface area contributed by atoms with E-state index in [1.54, 1.807) is 6.08 Å². The van der Waals surface area contributed by atoms with Crippen molar-refractivity contribution in [2.24, 2.45) is 0 Å². The number of aliphatic carboxylic acids is 1. The van der Waals surface area contributed by atoms with Gasteiger partial charge >= 0.3 is 5.97 Å². The highest BCUT2D eigenvalue weighted by Crippen LogP contribution is 2.04. The van der Waals surface area contributed by atoms with E-state index < -0.39 is 5.97 Å². The summed E-state index contributed by atoms with van der Waals surface area (Å²) < 4.78 is 0. The summed E-state index contributed by atoms with van der Waals surface area (Å²) in [6.45, 7) is 3.75. The van der Waals surface area contributed by atoms with Crippen molar-refractivity contribution in [3.8, 4) is 0 Å². The van der Waals surface area contributed by atoms with Crippen LogP contribution in [-0.4, -0.2) is 15.9 Å². The molecular weight excluding hydrogens is 160 g/mol. The summed E-state index contributed by atoms with van der Waals surface area (Å²) in [5, 5.41) is 8.65. The number of carbonyl (C=O) groups is 1. The molecule has 0 aliphatic carbocycles. The molecule has 0 aromatic rings. The van der Waals surface area contributed by atoms with Crippen LogP contribution in [0.15, 0.2) is 11.6 Å². The molecular formula is C8H12O2S. The third kappa shape index (κ3) is 3.28. The zero-order valence-electron chi connectivity index (χ0n) is 6.76. The average Bonchev–Trinajstić information content (AvgIpc) is 1.98. The third-order valence-corrected chi connectivity index (χ3v) is 1.77. The van der Waals surface area contributed by atoms with Crippen LogP contribution in [0, 0.1) is 0 Å². The molecule has 0 amide bonds. The molecule has 1 N–H and O–H groups in total. The predicted octanol–water partition coefficient (Wildman–Crippen LogP) is 2.19. The molecule has 0 aromatic carbocycles. The van der Waals surface area contributed by atoms with Gasteiger partial charge in [-0.05, 0) is 12.8 Å². The second kappa shape index (κ2) is 5.02. The fraction of sp³-hybridized carbons (Fsp3) is 0.500. The molecule has 0 radical (unpaired) electrons. The molecule has 0 aromatic heterocycles. The maximum atomic E-state index is 10.5. The maximum Gasteiger partial charge on any atom is 0.336 e. The van der Waals surface area contributed by atoms with E-state index in [4.69, 9.17) is 17.3 Å². The number of hydrogen-bond donors (Lipinski definition) is 1. The average molecular weight is 172 g/mol. The zero-order valence-corrected chi connectivity index (χ0v) is 7.57.